The van der Waals surface area contributed by atoms with E-state index in [1.54, 1.807) is 18.4 Å². The number of hydrogen-bond acceptors (Lipinski definition) is 3. The molecule has 3 heteroatoms. The fraction of sp³-hybridized carbons (Fsp3) is 0.500. The van der Waals surface area contributed by atoms with E-state index in [0.717, 1.165) is 0 Å². The SMILES string of the molecule is COC[C@H](N)c1ccc(C)s1. The van der Waals surface area contributed by atoms with Crippen LogP contribution in [0.4, 0.5) is 0 Å². The zero-order valence-corrected chi connectivity index (χ0v) is 7.65. The molecular weight excluding hydrogens is 158 g/mol. The predicted molar refractivity (Wildman–Crippen MR) is 47.9 cm³/mol. The molecule has 1 heterocycles. The van der Waals surface area contributed by atoms with Crippen molar-refractivity contribution in [2.75, 3.05) is 13.7 Å². The fourth-order valence-electron chi connectivity index (χ4n) is 0.914. The summed E-state index contributed by atoms with van der Waals surface area (Å²) in [4.78, 5) is 2.50. The first-order valence-corrected chi connectivity index (χ1v) is 4.36. The highest BCUT2D eigenvalue weighted by molar-refractivity contribution is 7.12. The van der Waals surface area contributed by atoms with E-state index in [4.69, 9.17) is 10.5 Å². The van der Waals surface area contributed by atoms with Crippen LogP contribution in [-0.2, 0) is 4.74 Å². The molecule has 1 atom stereocenters. The number of methoxy groups -OCH3 is 1. The van der Waals surface area contributed by atoms with Gasteiger partial charge in [0.1, 0.15) is 0 Å². The molecule has 62 valence electrons. The number of ether oxygens (including phenoxy) is 1. The average Bonchev–Trinajstić information content (AvgIpc) is 2.36. The molecule has 0 amide bonds. The van der Waals surface area contributed by atoms with E-state index in [1.165, 1.54) is 9.75 Å². The van der Waals surface area contributed by atoms with Crippen LogP contribution >= 0.6 is 11.3 Å². The van der Waals surface area contributed by atoms with Gasteiger partial charge in [-0.2, -0.15) is 0 Å². The van der Waals surface area contributed by atoms with Crippen LogP contribution in [0.5, 0.6) is 0 Å². The molecule has 0 unspecified atom stereocenters. The molecule has 11 heavy (non-hydrogen) atoms. The Hall–Kier alpha value is -0.380. The lowest BCUT2D eigenvalue weighted by molar-refractivity contribution is 0.182. The zero-order valence-electron chi connectivity index (χ0n) is 6.83. The van der Waals surface area contributed by atoms with Gasteiger partial charge in [-0.05, 0) is 19.1 Å². The lowest BCUT2D eigenvalue weighted by Crippen LogP contribution is -2.14. The number of nitrogens with two attached hydrogens (primary N) is 1. The van der Waals surface area contributed by atoms with E-state index >= 15 is 0 Å². The summed E-state index contributed by atoms with van der Waals surface area (Å²) in [5, 5.41) is 0. The summed E-state index contributed by atoms with van der Waals surface area (Å²) in [6, 6.07) is 4.18. The second-order valence-corrected chi connectivity index (χ2v) is 3.83. The smallest absolute Gasteiger partial charge is 0.0663 e. The summed E-state index contributed by atoms with van der Waals surface area (Å²) in [5.41, 5.74) is 5.80. The first kappa shape index (κ1) is 8.71. The molecule has 0 saturated carbocycles. The van der Waals surface area contributed by atoms with Gasteiger partial charge in [-0.3, -0.25) is 0 Å². The molecule has 0 spiro atoms. The summed E-state index contributed by atoms with van der Waals surface area (Å²) in [6.45, 7) is 2.67. The van der Waals surface area contributed by atoms with Gasteiger partial charge in [-0.25, -0.2) is 0 Å². The monoisotopic (exact) mass is 171 g/mol. The second-order valence-electron chi connectivity index (χ2n) is 2.51. The summed E-state index contributed by atoms with van der Waals surface area (Å²) >= 11 is 1.73. The number of rotatable bonds is 3. The Morgan fingerprint density at radius 3 is 2.82 bits per heavy atom. The van der Waals surface area contributed by atoms with E-state index in [9.17, 15) is 0 Å². The van der Waals surface area contributed by atoms with E-state index in [1.807, 2.05) is 0 Å². The molecule has 0 radical (unpaired) electrons. The van der Waals surface area contributed by atoms with Gasteiger partial charge >= 0.3 is 0 Å². The molecule has 1 rings (SSSR count). The molecule has 1 aromatic rings. The Morgan fingerprint density at radius 1 is 1.64 bits per heavy atom. The van der Waals surface area contributed by atoms with Crippen LogP contribution in [0.3, 0.4) is 0 Å². The predicted octanol–water partition coefficient (Wildman–Crippen LogP) is 1.70. The molecule has 0 aromatic carbocycles. The van der Waals surface area contributed by atoms with Gasteiger partial charge in [0.2, 0.25) is 0 Å². The van der Waals surface area contributed by atoms with Gasteiger partial charge in [0.25, 0.3) is 0 Å². The Morgan fingerprint density at radius 2 is 2.36 bits per heavy atom. The van der Waals surface area contributed by atoms with Gasteiger partial charge in [-0.15, -0.1) is 11.3 Å². The largest absolute Gasteiger partial charge is 0.383 e. The van der Waals surface area contributed by atoms with Crippen molar-refractivity contribution >= 4 is 11.3 Å². The first-order chi connectivity index (χ1) is 5.24. The molecule has 2 nitrogen and oxygen atoms in total. The molecule has 0 saturated heterocycles. The maximum absolute atomic E-state index is 5.80. The summed E-state index contributed by atoms with van der Waals surface area (Å²) in [6.07, 6.45) is 0. The molecule has 1 aromatic heterocycles. The van der Waals surface area contributed by atoms with Crippen LogP contribution in [0, 0.1) is 6.92 Å². The van der Waals surface area contributed by atoms with Gasteiger partial charge in [0.15, 0.2) is 0 Å². The van der Waals surface area contributed by atoms with Crippen molar-refractivity contribution in [3.05, 3.63) is 21.9 Å². The van der Waals surface area contributed by atoms with E-state index in [2.05, 4.69) is 19.1 Å². The highest BCUT2D eigenvalue weighted by atomic mass is 32.1. The minimum atomic E-state index is 0.0405. The topological polar surface area (TPSA) is 35.2 Å². The minimum Gasteiger partial charge on any atom is -0.383 e. The average molecular weight is 171 g/mol. The molecule has 0 aliphatic heterocycles. The van der Waals surface area contributed by atoms with Crippen LogP contribution in [-0.4, -0.2) is 13.7 Å². The van der Waals surface area contributed by atoms with Gasteiger partial charge in [0, 0.05) is 16.9 Å². The Balaban J connectivity index is 2.60. The van der Waals surface area contributed by atoms with Gasteiger partial charge in [-0.1, -0.05) is 0 Å². The quantitative estimate of drug-likeness (QED) is 0.751. The molecule has 0 bridgehead atoms. The first-order valence-electron chi connectivity index (χ1n) is 3.55. The van der Waals surface area contributed by atoms with E-state index < -0.39 is 0 Å². The summed E-state index contributed by atoms with van der Waals surface area (Å²) in [7, 11) is 1.67. The summed E-state index contributed by atoms with van der Waals surface area (Å²) in [5.74, 6) is 0. The van der Waals surface area contributed by atoms with Crippen molar-refractivity contribution in [1.29, 1.82) is 0 Å². The molecule has 2 N–H and O–H groups in total. The normalized spacial score (nSPS) is 13.4. The number of hydrogen-bond donors (Lipinski definition) is 1. The Labute approximate surface area is 71.0 Å². The third-order valence-electron chi connectivity index (χ3n) is 1.47. The van der Waals surface area contributed by atoms with Crippen LogP contribution in [0.2, 0.25) is 0 Å². The molecular formula is C8H13NOS. The highest BCUT2D eigenvalue weighted by Gasteiger charge is 2.06. The third kappa shape index (κ3) is 2.29. The highest BCUT2D eigenvalue weighted by Crippen LogP contribution is 2.20. The summed E-state index contributed by atoms with van der Waals surface area (Å²) < 4.78 is 4.95. The second kappa shape index (κ2) is 3.85. The Kier molecular flexibility index (Phi) is 3.05. The van der Waals surface area contributed by atoms with Crippen LogP contribution in [0.25, 0.3) is 0 Å². The molecule has 0 aliphatic carbocycles. The Bertz CT molecular complexity index is 222. The lowest BCUT2D eigenvalue weighted by atomic mass is 10.3. The van der Waals surface area contributed by atoms with E-state index in [0.29, 0.717) is 6.61 Å². The van der Waals surface area contributed by atoms with Crippen LogP contribution < -0.4 is 5.73 Å². The minimum absolute atomic E-state index is 0.0405. The number of aryl methyl sites for hydroxylation is 1. The van der Waals surface area contributed by atoms with Crippen molar-refractivity contribution in [3.63, 3.8) is 0 Å². The standard InChI is InChI=1S/C8H13NOS/c1-6-3-4-8(11-6)7(9)5-10-2/h3-4,7H,5,9H2,1-2H3/t7-/m0/s1. The maximum Gasteiger partial charge on any atom is 0.0663 e. The zero-order chi connectivity index (χ0) is 8.27. The van der Waals surface area contributed by atoms with Crippen molar-refractivity contribution in [2.24, 2.45) is 5.73 Å². The van der Waals surface area contributed by atoms with Gasteiger partial charge in [0.05, 0.1) is 12.6 Å². The molecule has 0 fully saturated rings. The fourth-order valence-corrected chi connectivity index (χ4v) is 1.78. The molecule has 0 aliphatic rings. The van der Waals surface area contributed by atoms with Crippen LogP contribution in [0.1, 0.15) is 15.8 Å². The van der Waals surface area contributed by atoms with E-state index in [-0.39, 0.29) is 6.04 Å². The van der Waals surface area contributed by atoms with Crippen molar-refractivity contribution in [2.45, 2.75) is 13.0 Å². The van der Waals surface area contributed by atoms with Crippen LogP contribution in [0.15, 0.2) is 12.1 Å². The maximum atomic E-state index is 5.80. The van der Waals surface area contributed by atoms with Crippen molar-refractivity contribution in [3.8, 4) is 0 Å². The lowest BCUT2D eigenvalue weighted by Gasteiger charge is -2.06. The van der Waals surface area contributed by atoms with Crippen molar-refractivity contribution < 1.29 is 4.74 Å². The van der Waals surface area contributed by atoms with Crippen molar-refractivity contribution in [1.82, 2.24) is 0 Å². The van der Waals surface area contributed by atoms with Gasteiger partial charge < -0.3 is 10.5 Å². The third-order valence-corrected chi connectivity index (χ3v) is 2.61. The number of thiophene rings is 1.